The molecule has 0 spiro atoms. The van der Waals surface area contributed by atoms with Gasteiger partial charge in [-0.2, -0.15) is 0 Å². The molecule has 2 aromatic carbocycles. The minimum atomic E-state index is -0.803. The van der Waals surface area contributed by atoms with Crippen LogP contribution in [0.25, 0.3) is 0 Å². The molecule has 2 unspecified atom stereocenters. The zero-order valence-corrected chi connectivity index (χ0v) is 18.7. The zero-order valence-electron chi connectivity index (χ0n) is 13.5. The van der Waals surface area contributed by atoms with Crippen molar-refractivity contribution in [3.05, 3.63) is 69.7 Å². The van der Waals surface area contributed by atoms with Crippen molar-refractivity contribution in [2.24, 2.45) is 5.92 Å². The van der Waals surface area contributed by atoms with E-state index in [0.29, 0.717) is 28.7 Å². The Morgan fingerprint density at radius 1 is 0.960 bits per heavy atom. The quantitative estimate of drug-likeness (QED) is 0.395. The second-order valence-corrected chi connectivity index (χ2v) is 5.99. The van der Waals surface area contributed by atoms with E-state index in [2.05, 4.69) is 5.32 Å². The van der Waals surface area contributed by atoms with E-state index in [-0.39, 0.29) is 75.1 Å². The van der Waals surface area contributed by atoms with Gasteiger partial charge in [0, 0.05) is 25.6 Å². The summed E-state index contributed by atoms with van der Waals surface area (Å²) in [5.74, 6) is -0.319. The van der Waals surface area contributed by atoms with Gasteiger partial charge in [0.2, 0.25) is 0 Å². The van der Waals surface area contributed by atoms with Crippen LogP contribution in [0, 0.1) is 5.92 Å². The molecule has 0 radical (unpaired) electrons. The summed E-state index contributed by atoms with van der Waals surface area (Å²) in [5, 5.41) is 24.0. The summed E-state index contributed by atoms with van der Waals surface area (Å²) in [6.45, 7) is 1.06. The van der Waals surface area contributed by atoms with Gasteiger partial charge >= 0.3 is 37.7 Å². The van der Waals surface area contributed by atoms with E-state index in [1.807, 2.05) is 30.3 Å². The molecule has 8 heteroatoms. The topological polar surface area (TPSA) is 52.5 Å². The number of benzene rings is 2. The van der Waals surface area contributed by atoms with Gasteiger partial charge in [0.25, 0.3) is 0 Å². The summed E-state index contributed by atoms with van der Waals surface area (Å²) in [5.41, 5.74) is 1.80. The third kappa shape index (κ3) is 8.98. The maximum Gasteiger partial charge on any atom is 2.00 e. The molecule has 0 saturated heterocycles. The molecule has 0 saturated carbocycles. The molecule has 0 fully saturated rings. The number of aliphatic hydroxyl groups excluding tert-OH is 2. The van der Waals surface area contributed by atoms with E-state index in [9.17, 15) is 10.2 Å². The molecule has 134 valence electrons. The second-order valence-electron chi connectivity index (χ2n) is 5.18. The van der Waals surface area contributed by atoms with Crippen molar-refractivity contribution in [2.75, 3.05) is 13.2 Å². The fraction of sp³-hybridized carbons (Fsp3) is 0.294. The summed E-state index contributed by atoms with van der Waals surface area (Å²) >= 11 is 11.8. The Labute approximate surface area is 200 Å². The Hall–Kier alpha value is 0.740. The smallest absolute Gasteiger partial charge is 1.00 e. The molecule has 0 aliphatic carbocycles. The van der Waals surface area contributed by atoms with Gasteiger partial charge in [0.05, 0.1) is 16.1 Å². The Bertz CT molecular complexity index is 604. The largest absolute Gasteiger partial charge is 2.00 e. The minimum Gasteiger partial charge on any atom is -1.00 e. The van der Waals surface area contributed by atoms with Gasteiger partial charge in [0.15, 0.2) is 0 Å². The van der Waals surface area contributed by atoms with Crippen molar-refractivity contribution >= 4 is 60.9 Å². The van der Waals surface area contributed by atoms with Gasteiger partial charge < -0.3 is 40.3 Å². The van der Waals surface area contributed by atoms with Crippen LogP contribution in [0.1, 0.15) is 17.2 Å². The van der Waals surface area contributed by atoms with Crippen LogP contribution < -0.4 is 30.1 Å². The van der Waals surface area contributed by atoms with Crippen LogP contribution in [-0.2, 0) is 6.54 Å². The summed E-state index contributed by atoms with van der Waals surface area (Å²) in [6, 6.07) is 15.0. The first-order valence-corrected chi connectivity index (χ1v) is 7.86. The molecule has 2 rings (SSSR count). The molecule has 0 bridgehead atoms. The first-order chi connectivity index (χ1) is 10.6. The number of hydrogen-bond donors (Lipinski definition) is 3. The van der Waals surface area contributed by atoms with Crippen molar-refractivity contribution in [3.8, 4) is 0 Å². The van der Waals surface area contributed by atoms with E-state index in [1.165, 1.54) is 0 Å². The summed E-state index contributed by atoms with van der Waals surface area (Å²) < 4.78 is 0. The van der Waals surface area contributed by atoms with E-state index >= 15 is 0 Å². The van der Waals surface area contributed by atoms with E-state index < -0.39 is 6.10 Å². The Balaban J connectivity index is 0. The SMILES string of the molecule is OCC(CNCc1ccccc1)C(O)c1ccc(Cl)c(Cl)c1.[Ca+2].[Cl-].[Cl-]. The maximum absolute atomic E-state index is 10.4. The van der Waals surface area contributed by atoms with E-state index in [4.69, 9.17) is 23.2 Å². The molecular weight excluding hydrogens is 432 g/mol. The minimum absolute atomic E-state index is 0. The van der Waals surface area contributed by atoms with E-state index in [1.54, 1.807) is 18.2 Å². The summed E-state index contributed by atoms with van der Waals surface area (Å²) in [6.07, 6.45) is -0.803. The van der Waals surface area contributed by atoms with Crippen LogP contribution in [0.15, 0.2) is 48.5 Å². The van der Waals surface area contributed by atoms with E-state index in [0.717, 1.165) is 5.56 Å². The van der Waals surface area contributed by atoms with Crippen LogP contribution >= 0.6 is 23.2 Å². The number of hydrogen-bond acceptors (Lipinski definition) is 3. The van der Waals surface area contributed by atoms with Crippen molar-refractivity contribution in [1.82, 2.24) is 5.32 Å². The molecule has 2 atom stereocenters. The fourth-order valence-corrected chi connectivity index (χ4v) is 2.55. The van der Waals surface area contributed by atoms with Gasteiger partial charge in [-0.1, -0.05) is 59.6 Å². The predicted octanol–water partition coefficient (Wildman–Crippen LogP) is -2.95. The van der Waals surface area contributed by atoms with Crippen LogP contribution in [0.2, 0.25) is 10.0 Å². The van der Waals surface area contributed by atoms with Crippen molar-refractivity contribution in [2.45, 2.75) is 12.6 Å². The Kier molecular flexibility index (Phi) is 16.5. The van der Waals surface area contributed by atoms with Gasteiger partial charge in [-0.25, -0.2) is 0 Å². The third-order valence-electron chi connectivity index (χ3n) is 3.54. The average Bonchev–Trinajstić information content (AvgIpc) is 2.54. The van der Waals surface area contributed by atoms with Crippen LogP contribution in [0.3, 0.4) is 0 Å². The Morgan fingerprint density at radius 2 is 1.60 bits per heavy atom. The Morgan fingerprint density at radius 3 is 2.16 bits per heavy atom. The molecule has 0 heterocycles. The van der Waals surface area contributed by atoms with Gasteiger partial charge in [-0.3, -0.25) is 0 Å². The predicted molar refractivity (Wildman–Crippen MR) is 95.9 cm³/mol. The first kappa shape index (κ1) is 28.0. The average molecular weight is 451 g/mol. The standard InChI is InChI=1S/C17H19Cl2NO2.Ca.2ClH/c18-15-7-6-13(8-16(15)19)17(22)14(11-21)10-20-9-12-4-2-1-3-5-12;;;/h1-8,14,17,20-22H,9-11H2;;2*1H/q;+2;;/p-2. The van der Waals surface area contributed by atoms with Crippen molar-refractivity contribution in [3.63, 3.8) is 0 Å². The number of nitrogens with one attached hydrogen (secondary N) is 1. The summed E-state index contributed by atoms with van der Waals surface area (Å²) in [7, 11) is 0. The normalized spacial score (nSPS) is 12.2. The maximum atomic E-state index is 10.4. The molecule has 0 aliphatic heterocycles. The zero-order chi connectivity index (χ0) is 15.9. The fourth-order valence-electron chi connectivity index (χ4n) is 2.24. The molecule has 3 nitrogen and oxygen atoms in total. The van der Waals surface area contributed by atoms with Crippen molar-refractivity contribution in [1.29, 1.82) is 0 Å². The summed E-state index contributed by atoms with van der Waals surface area (Å²) in [4.78, 5) is 0. The van der Waals surface area contributed by atoms with Crippen LogP contribution in [0.5, 0.6) is 0 Å². The third-order valence-corrected chi connectivity index (χ3v) is 4.28. The molecule has 0 aliphatic rings. The number of rotatable bonds is 7. The molecule has 0 amide bonds. The first-order valence-electron chi connectivity index (χ1n) is 7.10. The number of halogens is 4. The van der Waals surface area contributed by atoms with Gasteiger partial charge in [-0.15, -0.1) is 0 Å². The molecule has 3 N–H and O–H groups in total. The molecular formula is C17H19CaCl4NO2. The molecule has 2 aromatic rings. The molecule has 0 aromatic heterocycles. The monoisotopic (exact) mass is 449 g/mol. The number of aliphatic hydroxyl groups is 2. The van der Waals surface area contributed by atoms with Gasteiger partial charge in [-0.05, 0) is 23.3 Å². The van der Waals surface area contributed by atoms with Crippen LogP contribution in [0.4, 0.5) is 0 Å². The molecule has 25 heavy (non-hydrogen) atoms. The second kappa shape index (κ2) is 14.8. The van der Waals surface area contributed by atoms with Gasteiger partial charge in [0.1, 0.15) is 0 Å². The van der Waals surface area contributed by atoms with Crippen molar-refractivity contribution < 1.29 is 35.0 Å². The van der Waals surface area contributed by atoms with Crippen LogP contribution in [-0.4, -0.2) is 61.1 Å².